The highest BCUT2D eigenvalue weighted by atomic mass is 16.5. The zero-order chi connectivity index (χ0) is 28.5. The predicted molar refractivity (Wildman–Crippen MR) is 149 cm³/mol. The first-order valence-corrected chi connectivity index (χ1v) is 12.8. The summed E-state index contributed by atoms with van der Waals surface area (Å²) < 4.78 is 6.09. The standard InChI is InChI=1S/C28H36N6O5/c1-18(2)16-19-10-8-12-20-25(19)32-23(29-20)17-34-15-9-13-22(27(34)37)30-26(36)21(31-28(38)39-5)11-6-7-14-24(35)33(3)4/h7-10,12-15,18,21H,6,11,16-17H2,1-5H3,(H,29,32)(H,30,36)(H,31,38). The number of alkyl carbamates (subject to hydrolysis) is 1. The molecule has 0 spiro atoms. The van der Waals surface area contributed by atoms with Crippen LogP contribution in [-0.4, -0.2) is 64.6 Å². The van der Waals surface area contributed by atoms with Gasteiger partial charge in [-0.15, -0.1) is 0 Å². The van der Waals surface area contributed by atoms with Crippen LogP contribution in [0.2, 0.25) is 0 Å². The van der Waals surface area contributed by atoms with E-state index in [1.54, 1.807) is 32.4 Å². The van der Waals surface area contributed by atoms with Crippen LogP contribution >= 0.6 is 0 Å². The lowest BCUT2D eigenvalue weighted by atomic mass is 10.0. The van der Waals surface area contributed by atoms with Crippen LogP contribution in [-0.2, 0) is 27.3 Å². The summed E-state index contributed by atoms with van der Waals surface area (Å²) in [5.74, 6) is 0.329. The van der Waals surface area contributed by atoms with Crippen molar-refractivity contribution in [1.29, 1.82) is 0 Å². The van der Waals surface area contributed by atoms with Crippen LogP contribution in [0.5, 0.6) is 0 Å². The summed E-state index contributed by atoms with van der Waals surface area (Å²) in [6.45, 7) is 4.49. The fraction of sp³-hybridized carbons (Fsp3) is 0.393. The van der Waals surface area contributed by atoms with E-state index in [1.165, 1.54) is 28.7 Å². The van der Waals surface area contributed by atoms with Crippen LogP contribution in [0.4, 0.5) is 10.5 Å². The van der Waals surface area contributed by atoms with E-state index in [0.29, 0.717) is 18.2 Å². The first kappa shape index (κ1) is 29.2. The molecule has 0 saturated heterocycles. The van der Waals surface area contributed by atoms with Crippen molar-refractivity contribution in [1.82, 2.24) is 24.8 Å². The molecule has 3 aromatic rings. The molecular formula is C28H36N6O5. The van der Waals surface area contributed by atoms with Crippen LogP contribution in [0.15, 0.2) is 53.5 Å². The summed E-state index contributed by atoms with van der Waals surface area (Å²) >= 11 is 0. The number of carbonyl (C=O) groups is 3. The van der Waals surface area contributed by atoms with Crippen LogP contribution in [0.3, 0.4) is 0 Å². The number of para-hydroxylation sites is 1. The maximum absolute atomic E-state index is 13.2. The Bertz CT molecular complexity index is 1400. The first-order valence-electron chi connectivity index (χ1n) is 12.8. The number of likely N-dealkylation sites (N-methyl/N-ethyl adjacent to an activating group) is 1. The molecule has 0 radical (unpaired) electrons. The van der Waals surface area contributed by atoms with Gasteiger partial charge in [-0.25, -0.2) is 9.78 Å². The smallest absolute Gasteiger partial charge is 0.407 e. The number of carbonyl (C=O) groups excluding carboxylic acids is 3. The number of nitrogens with one attached hydrogen (secondary N) is 3. The topological polar surface area (TPSA) is 138 Å². The number of aromatic amines is 1. The van der Waals surface area contributed by atoms with Gasteiger partial charge < -0.3 is 29.8 Å². The number of benzene rings is 1. The number of H-pyrrole nitrogens is 1. The van der Waals surface area contributed by atoms with E-state index in [1.807, 2.05) is 12.1 Å². The van der Waals surface area contributed by atoms with Crippen LogP contribution in [0, 0.1) is 5.92 Å². The van der Waals surface area contributed by atoms with Crippen molar-refractivity contribution in [3.63, 3.8) is 0 Å². The van der Waals surface area contributed by atoms with Gasteiger partial charge in [-0.2, -0.15) is 0 Å². The molecule has 0 fully saturated rings. The number of amides is 3. The fourth-order valence-electron chi connectivity index (χ4n) is 4.03. The van der Waals surface area contributed by atoms with Crippen LogP contribution in [0.1, 0.15) is 38.1 Å². The number of pyridine rings is 1. The van der Waals surface area contributed by atoms with Gasteiger partial charge in [-0.05, 0) is 55.0 Å². The SMILES string of the molecule is COC(=O)NC(CCC=CC(=O)N(C)C)C(=O)Nc1cccn(Cc2nc3c(CC(C)C)cccc3[nH]2)c1=O. The zero-order valence-corrected chi connectivity index (χ0v) is 23.0. The largest absolute Gasteiger partial charge is 0.453 e. The zero-order valence-electron chi connectivity index (χ0n) is 23.0. The number of aromatic nitrogens is 3. The van der Waals surface area contributed by atoms with Gasteiger partial charge in [0.25, 0.3) is 5.56 Å². The lowest BCUT2D eigenvalue weighted by Crippen LogP contribution is -2.44. The third-order valence-corrected chi connectivity index (χ3v) is 5.99. The minimum Gasteiger partial charge on any atom is -0.453 e. The average Bonchev–Trinajstić information content (AvgIpc) is 3.31. The number of allylic oxidation sites excluding steroid dienone is 1. The lowest BCUT2D eigenvalue weighted by molar-refractivity contribution is -0.123. The molecule has 2 aromatic heterocycles. The molecule has 3 rings (SSSR count). The predicted octanol–water partition coefficient (Wildman–Crippen LogP) is 3.06. The number of rotatable bonds is 11. The normalized spacial score (nSPS) is 12.1. The van der Waals surface area contributed by atoms with Crippen molar-refractivity contribution < 1.29 is 19.1 Å². The number of ether oxygens (including phenoxy) is 1. The van der Waals surface area contributed by atoms with Crippen LogP contribution in [0.25, 0.3) is 11.0 Å². The summed E-state index contributed by atoms with van der Waals surface area (Å²) in [6, 6.07) is 8.17. The van der Waals surface area contributed by atoms with Gasteiger partial charge in [-0.3, -0.25) is 14.4 Å². The molecule has 39 heavy (non-hydrogen) atoms. The molecule has 0 saturated carbocycles. The monoisotopic (exact) mass is 536 g/mol. The average molecular weight is 537 g/mol. The third kappa shape index (κ3) is 8.03. The van der Waals surface area contributed by atoms with Crippen molar-refractivity contribution in [2.24, 2.45) is 5.92 Å². The summed E-state index contributed by atoms with van der Waals surface area (Å²) in [7, 11) is 4.46. The highest BCUT2D eigenvalue weighted by Gasteiger charge is 2.22. The fourth-order valence-corrected chi connectivity index (χ4v) is 4.03. The number of hydrogen-bond acceptors (Lipinski definition) is 6. The molecule has 1 unspecified atom stereocenters. The highest BCUT2D eigenvalue weighted by molar-refractivity contribution is 5.96. The minimum absolute atomic E-state index is 0.0640. The quantitative estimate of drug-likeness (QED) is 0.322. The second-order valence-corrected chi connectivity index (χ2v) is 9.84. The minimum atomic E-state index is -0.987. The molecule has 2 heterocycles. The van der Waals surface area contributed by atoms with Crippen molar-refractivity contribution >= 4 is 34.6 Å². The second kappa shape index (κ2) is 13.4. The van der Waals surface area contributed by atoms with E-state index >= 15 is 0 Å². The van der Waals surface area contributed by atoms with E-state index in [0.717, 1.165) is 23.0 Å². The van der Waals surface area contributed by atoms with Gasteiger partial charge in [0.05, 0.1) is 24.7 Å². The molecule has 1 atom stereocenters. The Labute approximate surface area is 227 Å². The number of anilines is 1. The molecule has 0 bridgehead atoms. The Morgan fingerprint density at radius 1 is 1.18 bits per heavy atom. The van der Waals surface area contributed by atoms with E-state index in [-0.39, 0.29) is 24.6 Å². The summed E-state index contributed by atoms with van der Waals surface area (Å²) in [5.41, 5.74) is 2.58. The second-order valence-electron chi connectivity index (χ2n) is 9.84. The highest BCUT2D eigenvalue weighted by Crippen LogP contribution is 2.20. The molecular weight excluding hydrogens is 500 g/mol. The molecule has 3 amide bonds. The van der Waals surface area contributed by atoms with Gasteiger partial charge in [0.2, 0.25) is 11.8 Å². The molecule has 11 nitrogen and oxygen atoms in total. The maximum atomic E-state index is 13.2. The lowest BCUT2D eigenvalue weighted by Gasteiger charge is -2.17. The number of nitrogens with zero attached hydrogens (tertiary/aromatic N) is 3. The van der Waals surface area contributed by atoms with Gasteiger partial charge >= 0.3 is 6.09 Å². The van der Waals surface area contributed by atoms with Gasteiger partial charge in [0, 0.05) is 20.3 Å². The molecule has 0 aliphatic rings. The van der Waals surface area contributed by atoms with Gasteiger partial charge in [0.1, 0.15) is 17.6 Å². The molecule has 3 N–H and O–H groups in total. The van der Waals surface area contributed by atoms with E-state index < -0.39 is 23.6 Å². The van der Waals surface area contributed by atoms with Crippen molar-refractivity contribution in [3.05, 3.63) is 70.4 Å². The first-order chi connectivity index (χ1) is 18.6. The third-order valence-electron chi connectivity index (χ3n) is 5.99. The Balaban J connectivity index is 1.75. The van der Waals surface area contributed by atoms with Crippen molar-refractivity contribution in [2.75, 3.05) is 26.5 Å². The van der Waals surface area contributed by atoms with Gasteiger partial charge in [0.15, 0.2) is 0 Å². The van der Waals surface area contributed by atoms with Crippen molar-refractivity contribution in [3.8, 4) is 0 Å². The molecule has 0 aliphatic carbocycles. The molecule has 11 heteroatoms. The Kier molecular flexibility index (Phi) is 10.0. The van der Waals surface area contributed by atoms with Crippen molar-refractivity contribution in [2.45, 2.75) is 45.7 Å². The maximum Gasteiger partial charge on any atom is 0.407 e. The number of methoxy groups -OCH3 is 1. The Morgan fingerprint density at radius 3 is 2.64 bits per heavy atom. The molecule has 1 aromatic carbocycles. The summed E-state index contributed by atoms with van der Waals surface area (Å²) in [5, 5.41) is 5.10. The van der Waals surface area contributed by atoms with Crippen LogP contribution < -0.4 is 16.2 Å². The Morgan fingerprint density at radius 2 is 1.95 bits per heavy atom. The van der Waals surface area contributed by atoms with Gasteiger partial charge in [-0.1, -0.05) is 32.1 Å². The van der Waals surface area contributed by atoms with E-state index in [9.17, 15) is 19.2 Å². The van der Waals surface area contributed by atoms with E-state index in [2.05, 4.69) is 40.3 Å². The molecule has 208 valence electrons. The summed E-state index contributed by atoms with van der Waals surface area (Å²) in [6.07, 6.45) is 5.28. The Hall–Kier alpha value is -4.41. The number of imidazole rings is 1. The van der Waals surface area contributed by atoms with E-state index in [4.69, 9.17) is 4.98 Å². The summed E-state index contributed by atoms with van der Waals surface area (Å²) in [4.78, 5) is 59.2. The number of fused-ring (bicyclic) bond motifs is 1. The molecule has 0 aliphatic heterocycles. The number of hydrogen-bond donors (Lipinski definition) is 3.